The van der Waals surface area contributed by atoms with Gasteiger partial charge in [0.15, 0.2) is 6.29 Å². The normalized spacial score (nSPS) is 7.12. The smallest absolute Gasteiger partial charge is 0.473 e. The number of aliphatic carboxylic acids is 1. The van der Waals surface area contributed by atoms with E-state index in [1.807, 2.05) is 0 Å². The zero-order chi connectivity index (χ0) is 11.7. The third-order valence-corrected chi connectivity index (χ3v) is 1.08. The molecule has 16 heavy (non-hydrogen) atoms. The molecule has 0 fully saturated rings. The largest absolute Gasteiger partial charge is 0.491 e. The molecule has 1 rings (SSSR count). The molecule has 1 heterocycles. The van der Waals surface area contributed by atoms with Crippen molar-refractivity contribution < 1.29 is 29.2 Å². The summed E-state index contributed by atoms with van der Waals surface area (Å²) in [4.78, 5) is 18.7. The molecule has 1 aromatic rings. The number of carbonyl (C=O) groups excluding carboxylic acids is 1. The third kappa shape index (κ3) is 8.62. The molecule has 0 spiro atoms. The maximum absolute atomic E-state index is 9.43. The predicted octanol–water partition coefficient (Wildman–Crippen LogP) is -2.15. The van der Waals surface area contributed by atoms with E-state index < -0.39 is 13.1 Å². The number of carbonyl (C=O) groups is 2. The fourth-order valence-corrected chi connectivity index (χ4v) is 0.513. The minimum atomic E-state index is -1.41. The Morgan fingerprint density at radius 3 is 2.31 bits per heavy atom. The highest BCUT2D eigenvalue weighted by molar-refractivity contribution is 6.58. The highest BCUT2D eigenvalue weighted by Crippen LogP contribution is 1.82. The lowest BCUT2D eigenvalue weighted by Crippen LogP contribution is -2.27. The summed E-state index contributed by atoms with van der Waals surface area (Å²) >= 11 is 0. The maximum atomic E-state index is 9.43. The summed E-state index contributed by atoms with van der Waals surface area (Å²) in [5.74, 6) is 2.03. The first-order chi connectivity index (χ1) is 7.07. The van der Waals surface area contributed by atoms with E-state index in [1.165, 1.54) is 18.6 Å². The monoisotopic (exact) mass is 221 g/mol. The number of aldehydes is 1. The molecule has 0 saturated carbocycles. The minimum absolute atomic E-state index is 0. The van der Waals surface area contributed by atoms with Crippen molar-refractivity contribution in [2.24, 2.45) is 0 Å². The summed E-state index contributed by atoms with van der Waals surface area (Å²) < 4.78 is 4.56. The first-order valence-electron chi connectivity index (χ1n) is 3.64. The quantitative estimate of drug-likeness (QED) is 0.283. The molecule has 3 N–H and O–H groups in total. The Kier molecular flexibility index (Phi) is 9.85. The molecule has 8 heteroatoms. The van der Waals surface area contributed by atoms with E-state index in [0.717, 1.165) is 0 Å². The highest BCUT2D eigenvalue weighted by Gasteiger charge is 2.10. The van der Waals surface area contributed by atoms with Gasteiger partial charge >= 0.3 is 13.1 Å². The first-order valence-corrected chi connectivity index (χ1v) is 3.64. The topological polar surface area (TPSA) is 108 Å². The van der Waals surface area contributed by atoms with Crippen molar-refractivity contribution in [1.29, 1.82) is 0 Å². The molecule has 0 saturated heterocycles. The van der Waals surface area contributed by atoms with E-state index >= 15 is 0 Å². The van der Waals surface area contributed by atoms with E-state index in [9.17, 15) is 9.59 Å². The average molecular weight is 221 g/mol. The number of furan rings is 1. The molecule has 81 valence electrons. The van der Waals surface area contributed by atoms with Crippen LogP contribution in [-0.2, 0) is 9.59 Å². The molecule has 0 bridgehead atoms. The van der Waals surface area contributed by atoms with Crippen LogP contribution < -0.4 is 5.46 Å². The van der Waals surface area contributed by atoms with Crippen LogP contribution in [0.5, 0.6) is 0 Å². The van der Waals surface area contributed by atoms with E-state index in [1.54, 1.807) is 11.8 Å². The van der Waals surface area contributed by atoms with Crippen LogP contribution in [0.25, 0.3) is 0 Å². The average Bonchev–Trinajstić information content (AvgIpc) is 2.68. The van der Waals surface area contributed by atoms with E-state index in [-0.39, 0.29) is 14.7 Å². The van der Waals surface area contributed by atoms with Gasteiger partial charge in [-0.2, -0.15) is 0 Å². The Labute approximate surface area is 93.6 Å². The van der Waals surface area contributed by atoms with Gasteiger partial charge in [-0.1, -0.05) is 0 Å². The summed E-state index contributed by atoms with van der Waals surface area (Å²) in [6.07, 6.45) is 2.90. The van der Waals surface area contributed by atoms with Gasteiger partial charge in [0, 0.05) is 19.8 Å². The zero-order valence-electron chi connectivity index (χ0n) is 8.03. The van der Waals surface area contributed by atoms with Gasteiger partial charge < -0.3 is 19.6 Å². The van der Waals surface area contributed by atoms with Crippen LogP contribution in [0.4, 0.5) is 0 Å². The Morgan fingerprint density at radius 2 is 2.12 bits per heavy atom. The summed E-state index contributed by atoms with van der Waals surface area (Å²) in [5.41, 5.74) is 0.380. The molecular formula is C8H7B2O6. The summed E-state index contributed by atoms with van der Waals surface area (Å²) in [7, 11) is -1.41. The van der Waals surface area contributed by atoms with Crippen LogP contribution in [0.2, 0.25) is 0 Å². The molecule has 0 unspecified atom stereocenters. The Bertz CT molecular complexity index is 362. The van der Waals surface area contributed by atoms with Crippen LogP contribution in [0.3, 0.4) is 0 Å². The van der Waals surface area contributed by atoms with Gasteiger partial charge in [0.1, 0.15) is 0 Å². The van der Waals surface area contributed by atoms with Gasteiger partial charge in [-0.15, -0.1) is 0 Å². The number of carboxylic acid groups (broad SMARTS) is 1. The van der Waals surface area contributed by atoms with E-state index in [4.69, 9.17) is 15.2 Å². The fourth-order valence-electron chi connectivity index (χ4n) is 0.513. The van der Waals surface area contributed by atoms with Crippen molar-refractivity contribution in [3.05, 3.63) is 18.6 Å². The van der Waals surface area contributed by atoms with Crippen LogP contribution in [0.1, 0.15) is 0 Å². The predicted molar refractivity (Wildman–Crippen MR) is 55.8 cm³/mol. The molecule has 0 aliphatic heterocycles. The van der Waals surface area contributed by atoms with E-state index in [2.05, 4.69) is 4.42 Å². The number of hydrogen-bond acceptors (Lipinski definition) is 5. The summed E-state index contributed by atoms with van der Waals surface area (Å²) in [6, 6.07) is 1.49. The fraction of sp³-hybridized carbons (Fsp3) is 0. The molecule has 0 aliphatic carbocycles. The van der Waals surface area contributed by atoms with Crippen LogP contribution in [-0.4, -0.2) is 42.9 Å². The highest BCUT2D eigenvalue weighted by atomic mass is 16.4. The molecule has 6 nitrogen and oxygen atoms in total. The zero-order valence-corrected chi connectivity index (χ0v) is 8.03. The molecule has 0 aromatic carbocycles. The number of carboxylic acids is 1. The third-order valence-electron chi connectivity index (χ3n) is 1.08. The Hall–Kier alpha value is -1.97. The van der Waals surface area contributed by atoms with Gasteiger partial charge in [0.05, 0.1) is 12.5 Å². The van der Waals surface area contributed by atoms with Crippen LogP contribution in [0, 0.1) is 11.8 Å². The van der Waals surface area contributed by atoms with Gasteiger partial charge in [-0.05, 0) is 12.0 Å². The lowest BCUT2D eigenvalue weighted by Gasteiger charge is -1.86. The van der Waals surface area contributed by atoms with Gasteiger partial charge in [0.25, 0.3) is 0 Å². The molecule has 3 radical (unpaired) electrons. The molecule has 1 aromatic heterocycles. The molecule has 0 atom stereocenters. The SMILES string of the molecule is O=CC#CC(=O)O.OB(O)c1ccoc1.[B]. The second-order valence-electron chi connectivity index (χ2n) is 2.12. The minimum Gasteiger partial charge on any atom is -0.473 e. The number of rotatable bonds is 1. The van der Waals surface area contributed by atoms with Crippen molar-refractivity contribution in [2.45, 2.75) is 0 Å². The van der Waals surface area contributed by atoms with Gasteiger partial charge in [0.2, 0.25) is 0 Å². The van der Waals surface area contributed by atoms with Crippen LogP contribution in [0.15, 0.2) is 23.0 Å². The van der Waals surface area contributed by atoms with Gasteiger partial charge in [-0.3, -0.25) is 4.79 Å². The van der Waals surface area contributed by atoms with Gasteiger partial charge in [-0.25, -0.2) is 4.79 Å². The lowest BCUT2D eigenvalue weighted by atomic mass is 9.83. The lowest BCUT2D eigenvalue weighted by molar-refractivity contribution is -0.130. The van der Waals surface area contributed by atoms with Crippen molar-refractivity contribution in [3.63, 3.8) is 0 Å². The van der Waals surface area contributed by atoms with Crippen molar-refractivity contribution in [3.8, 4) is 11.8 Å². The standard InChI is InChI=1S/C4H5BO3.C4H2O3.B/c6-5(7)4-1-2-8-3-4;5-3-1-2-4(6)7;/h1-3,6-7H;3H,(H,6,7);. The number of hydrogen-bond donors (Lipinski definition) is 3. The van der Waals surface area contributed by atoms with E-state index in [0.29, 0.717) is 5.46 Å². The molecular weight excluding hydrogens is 214 g/mol. The van der Waals surface area contributed by atoms with Crippen molar-refractivity contribution >= 4 is 33.2 Å². The summed E-state index contributed by atoms with van der Waals surface area (Å²) in [6.45, 7) is 0. The Morgan fingerprint density at radius 1 is 1.50 bits per heavy atom. The Balaban J connectivity index is 0. The first kappa shape index (κ1) is 16.5. The maximum Gasteiger partial charge on any atom is 0.491 e. The van der Waals surface area contributed by atoms with Crippen molar-refractivity contribution in [2.75, 3.05) is 0 Å². The van der Waals surface area contributed by atoms with Crippen molar-refractivity contribution in [1.82, 2.24) is 0 Å². The molecule has 0 aliphatic rings. The second-order valence-corrected chi connectivity index (χ2v) is 2.12. The summed E-state index contributed by atoms with van der Waals surface area (Å²) in [5, 5.41) is 24.5. The van der Waals surface area contributed by atoms with Crippen LogP contribution >= 0.6 is 0 Å². The second kappa shape index (κ2) is 9.58. The molecule has 0 amide bonds.